The summed E-state index contributed by atoms with van der Waals surface area (Å²) in [5, 5.41) is 10.0. The van der Waals surface area contributed by atoms with E-state index in [4.69, 9.17) is 0 Å². The Labute approximate surface area is 99.6 Å². The number of hydroxylamine groups is 2. The highest BCUT2D eigenvalue weighted by Gasteiger charge is 2.26. The molecule has 0 heterocycles. The van der Waals surface area contributed by atoms with E-state index in [1.165, 1.54) is 0 Å². The van der Waals surface area contributed by atoms with Crippen LogP contribution in [0.15, 0.2) is 30.3 Å². The summed E-state index contributed by atoms with van der Waals surface area (Å²) in [5.41, 5.74) is 0.729. The Morgan fingerprint density at radius 3 is 2.47 bits per heavy atom. The summed E-state index contributed by atoms with van der Waals surface area (Å²) in [6.45, 7) is 3.30. The normalized spacial score (nSPS) is 11.7. The van der Waals surface area contributed by atoms with Crippen molar-refractivity contribution in [3.63, 3.8) is 0 Å². The lowest BCUT2D eigenvalue weighted by Gasteiger charge is -2.21. The van der Waals surface area contributed by atoms with Crippen LogP contribution in [-0.2, 0) is 14.3 Å². The summed E-state index contributed by atoms with van der Waals surface area (Å²) < 4.78 is 4.52. The second kappa shape index (κ2) is 6.00. The highest BCUT2D eigenvalue weighted by atomic mass is 16.6. The zero-order valence-electron chi connectivity index (χ0n) is 9.79. The van der Waals surface area contributed by atoms with Crippen molar-refractivity contribution in [2.24, 2.45) is 0 Å². The highest BCUT2D eigenvalue weighted by molar-refractivity contribution is 6.32. The van der Waals surface area contributed by atoms with Gasteiger partial charge in [-0.25, -0.2) is 9.86 Å². The Bertz CT molecular complexity index is 391. The minimum atomic E-state index is -1.07. The Hall–Kier alpha value is -1.88. The maximum Gasteiger partial charge on any atom is 0.399 e. The molecule has 0 aliphatic heterocycles. The van der Waals surface area contributed by atoms with Crippen LogP contribution < -0.4 is 0 Å². The molecular weight excluding hydrogens is 222 g/mol. The van der Waals surface area contributed by atoms with Gasteiger partial charge in [0.25, 0.3) is 0 Å². The lowest BCUT2D eigenvalue weighted by Crippen LogP contribution is -2.36. The van der Waals surface area contributed by atoms with E-state index in [1.54, 1.807) is 38.1 Å². The van der Waals surface area contributed by atoms with Crippen molar-refractivity contribution in [1.82, 2.24) is 5.06 Å². The number of esters is 1. The van der Waals surface area contributed by atoms with Gasteiger partial charge in [-0.15, -0.1) is 0 Å². The Morgan fingerprint density at radius 1 is 1.35 bits per heavy atom. The SMILES string of the molecule is CCOC(=O)C(=O)N(O)C(C)c1ccccc1. The fourth-order valence-electron chi connectivity index (χ4n) is 1.34. The van der Waals surface area contributed by atoms with Crippen molar-refractivity contribution in [2.45, 2.75) is 19.9 Å². The molecular formula is C12H15NO4. The van der Waals surface area contributed by atoms with Gasteiger partial charge >= 0.3 is 11.9 Å². The van der Waals surface area contributed by atoms with Crippen molar-refractivity contribution < 1.29 is 19.5 Å². The number of carbonyl (C=O) groups excluding carboxylic acids is 2. The lowest BCUT2D eigenvalue weighted by molar-refractivity contribution is -0.187. The average molecular weight is 237 g/mol. The summed E-state index contributed by atoms with van der Waals surface area (Å²) in [6, 6.07) is 8.31. The van der Waals surface area contributed by atoms with Crippen LogP contribution in [0.2, 0.25) is 0 Å². The van der Waals surface area contributed by atoms with Crippen LogP contribution in [0.3, 0.4) is 0 Å². The molecule has 1 amide bonds. The van der Waals surface area contributed by atoms with Crippen molar-refractivity contribution in [1.29, 1.82) is 0 Å². The number of hydrogen-bond acceptors (Lipinski definition) is 4. The van der Waals surface area contributed by atoms with E-state index in [0.717, 1.165) is 5.56 Å². The Morgan fingerprint density at radius 2 is 1.94 bits per heavy atom. The van der Waals surface area contributed by atoms with E-state index in [-0.39, 0.29) is 6.61 Å². The third-order valence-corrected chi connectivity index (χ3v) is 2.31. The second-order valence-corrected chi connectivity index (χ2v) is 3.46. The van der Waals surface area contributed by atoms with Gasteiger partial charge in [-0.05, 0) is 19.4 Å². The smallest absolute Gasteiger partial charge is 0.399 e. The molecule has 1 atom stereocenters. The van der Waals surface area contributed by atoms with E-state index >= 15 is 0 Å². The quantitative estimate of drug-likeness (QED) is 0.374. The Balaban J connectivity index is 2.73. The lowest BCUT2D eigenvalue weighted by atomic mass is 10.1. The fourth-order valence-corrected chi connectivity index (χ4v) is 1.34. The molecule has 5 nitrogen and oxygen atoms in total. The predicted molar refractivity (Wildman–Crippen MR) is 60.1 cm³/mol. The van der Waals surface area contributed by atoms with E-state index in [0.29, 0.717) is 5.06 Å². The number of ether oxygens (including phenoxy) is 1. The zero-order valence-corrected chi connectivity index (χ0v) is 9.79. The molecule has 0 fully saturated rings. The molecule has 0 bridgehead atoms. The van der Waals surface area contributed by atoms with Crippen LogP contribution in [0.25, 0.3) is 0 Å². The van der Waals surface area contributed by atoms with Gasteiger partial charge in [0.2, 0.25) is 0 Å². The van der Waals surface area contributed by atoms with Gasteiger partial charge in [0.15, 0.2) is 0 Å². The number of benzene rings is 1. The third-order valence-electron chi connectivity index (χ3n) is 2.31. The van der Waals surface area contributed by atoms with Gasteiger partial charge in [0.05, 0.1) is 12.6 Å². The van der Waals surface area contributed by atoms with Gasteiger partial charge in [-0.2, -0.15) is 0 Å². The minimum Gasteiger partial charge on any atom is -0.459 e. The van der Waals surface area contributed by atoms with Gasteiger partial charge < -0.3 is 4.74 Å². The molecule has 5 heteroatoms. The molecule has 0 aliphatic rings. The van der Waals surface area contributed by atoms with Crippen LogP contribution in [0, 0.1) is 0 Å². The number of nitrogens with zero attached hydrogens (tertiary/aromatic N) is 1. The maximum absolute atomic E-state index is 11.4. The van der Waals surface area contributed by atoms with E-state index in [2.05, 4.69) is 4.74 Å². The molecule has 0 aliphatic carbocycles. The third kappa shape index (κ3) is 3.29. The molecule has 1 aromatic rings. The Kier molecular flexibility index (Phi) is 4.66. The van der Waals surface area contributed by atoms with Crippen molar-refractivity contribution in [3.8, 4) is 0 Å². The number of carbonyl (C=O) groups is 2. The van der Waals surface area contributed by atoms with Crippen molar-refractivity contribution in [2.75, 3.05) is 6.61 Å². The molecule has 92 valence electrons. The standard InChI is InChI=1S/C12H15NO4/c1-3-17-12(15)11(14)13(16)9(2)10-7-5-4-6-8-10/h4-9,16H,3H2,1-2H3. The molecule has 0 saturated carbocycles. The van der Waals surface area contributed by atoms with Crippen LogP contribution >= 0.6 is 0 Å². The summed E-state index contributed by atoms with van der Waals surface area (Å²) in [7, 11) is 0. The molecule has 1 aromatic carbocycles. The molecule has 17 heavy (non-hydrogen) atoms. The molecule has 0 saturated heterocycles. The van der Waals surface area contributed by atoms with Crippen LogP contribution in [0.5, 0.6) is 0 Å². The van der Waals surface area contributed by atoms with E-state index in [9.17, 15) is 14.8 Å². The summed E-state index contributed by atoms with van der Waals surface area (Å²) >= 11 is 0. The first-order valence-electron chi connectivity index (χ1n) is 5.32. The maximum atomic E-state index is 11.4. The van der Waals surface area contributed by atoms with Gasteiger partial charge in [-0.1, -0.05) is 30.3 Å². The molecule has 0 radical (unpaired) electrons. The number of hydrogen-bond donors (Lipinski definition) is 1. The predicted octanol–water partition coefficient (Wildman–Crippen LogP) is 1.53. The topological polar surface area (TPSA) is 66.8 Å². The highest BCUT2D eigenvalue weighted by Crippen LogP contribution is 2.18. The molecule has 1 rings (SSSR count). The monoisotopic (exact) mass is 237 g/mol. The first-order chi connectivity index (χ1) is 8.07. The van der Waals surface area contributed by atoms with E-state index in [1.807, 2.05) is 6.07 Å². The first-order valence-corrected chi connectivity index (χ1v) is 5.32. The van der Waals surface area contributed by atoms with E-state index < -0.39 is 17.9 Å². The van der Waals surface area contributed by atoms with Crippen molar-refractivity contribution >= 4 is 11.9 Å². The first kappa shape index (κ1) is 13.2. The molecule has 0 spiro atoms. The molecule has 1 N–H and O–H groups in total. The van der Waals surface area contributed by atoms with Gasteiger partial charge in [0.1, 0.15) is 0 Å². The zero-order chi connectivity index (χ0) is 12.8. The van der Waals surface area contributed by atoms with Gasteiger partial charge in [-0.3, -0.25) is 10.0 Å². The average Bonchev–Trinajstić information content (AvgIpc) is 2.37. The summed E-state index contributed by atoms with van der Waals surface area (Å²) in [4.78, 5) is 22.6. The number of amides is 1. The summed E-state index contributed by atoms with van der Waals surface area (Å²) in [5.74, 6) is -2.12. The number of rotatable bonds is 3. The molecule has 0 aromatic heterocycles. The second-order valence-electron chi connectivity index (χ2n) is 3.46. The fraction of sp³-hybridized carbons (Fsp3) is 0.333. The minimum absolute atomic E-state index is 0.0954. The van der Waals surface area contributed by atoms with Crippen LogP contribution in [0.1, 0.15) is 25.5 Å². The molecule has 1 unspecified atom stereocenters. The van der Waals surface area contributed by atoms with Gasteiger partial charge in [0, 0.05) is 0 Å². The van der Waals surface area contributed by atoms with Crippen LogP contribution in [-0.4, -0.2) is 28.8 Å². The van der Waals surface area contributed by atoms with Crippen LogP contribution in [0.4, 0.5) is 0 Å². The van der Waals surface area contributed by atoms with Crippen molar-refractivity contribution in [3.05, 3.63) is 35.9 Å². The summed E-state index contributed by atoms with van der Waals surface area (Å²) in [6.07, 6.45) is 0. The largest absolute Gasteiger partial charge is 0.459 e.